The zero-order chi connectivity index (χ0) is 13.0. The van der Waals surface area contributed by atoms with Crippen LogP contribution in [0.4, 0.5) is 0 Å². The largest absolute Gasteiger partial charge is 0.493 e. The third-order valence-electron chi connectivity index (χ3n) is 3.06. The maximum absolute atomic E-state index is 5.34. The fourth-order valence-corrected chi connectivity index (χ4v) is 2.44. The summed E-state index contributed by atoms with van der Waals surface area (Å²) in [6.07, 6.45) is 1.07. The molecule has 1 aromatic rings. The Bertz CT molecular complexity index is 405. The molecule has 1 N–H and O–H groups in total. The van der Waals surface area contributed by atoms with Crippen LogP contribution in [0.25, 0.3) is 0 Å². The van der Waals surface area contributed by atoms with E-state index in [0.717, 1.165) is 47.7 Å². The monoisotopic (exact) mass is 315 g/mol. The molecule has 1 unspecified atom stereocenters. The summed E-state index contributed by atoms with van der Waals surface area (Å²) in [5.41, 5.74) is 1.15. The van der Waals surface area contributed by atoms with Gasteiger partial charge in [0.05, 0.1) is 20.8 Å². The zero-order valence-electron chi connectivity index (χ0n) is 10.7. The summed E-state index contributed by atoms with van der Waals surface area (Å²) in [6, 6.07) is 4.37. The predicted octanol–water partition coefficient (Wildman–Crippen LogP) is 2.34. The molecule has 5 heteroatoms. The third-order valence-corrected chi connectivity index (χ3v) is 3.80. The average molecular weight is 316 g/mol. The predicted molar refractivity (Wildman–Crippen MR) is 73.3 cm³/mol. The normalized spacial score (nSPS) is 18.9. The average Bonchev–Trinajstić information content (AvgIpc) is 2.90. The molecule has 0 bridgehead atoms. The first kappa shape index (κ1) is 13.6. The maximum Gasteiger partial charge on any atom is 0.161 e. The van der Waals surface area contributed by atoms with Gasteiger partial charge in [0, 0.05) is 23.7 Å². The molecule has 0 spiro atoms. The molecule has 100 valence electrons. The van der Waals surface area contributed by atoms with E-state index in [0.29, 0.717) is 6.04 Å². The summed E-state index contributed by atoms with van der Waals surface area (Å²) < 4.78 is 16.9. The van der Waals surface area contributed by atoms with Crippen molar-refractivity contribution in [3.8, 4) is 11.5 Å². The van der Waals surface area contributed by atoms with Gasteiger partial charge < -0.3 is 19.5 Å². The lowest BCUT2D eigenvalue weighted by molar-refractivity contribution is 0.190. The first-order valence-electron chi connectivity index (χ1n) is 5.96. The minimum atomic E-state index is 0.449. The topological polar surface area (TPSA) is 39.7 Å². The Balaban J connectivity index is 2.06. The highest BCUT2D eigenvalue weighted by molar-refractivity contribution is 9.10. The van der Waals surface area contributed by atoms with E-state index in [-0.39, 0.29) is 0 Å². The molecule has 1 atom stereocenters. The van der Waals surface area contributed by atoms with Gasteiger partial charge in [-0.05, 0) is 24.1 Å². The molecule has 0 amide bonds. The highest BCUT2D eigenvalue weighted by atomic mass is 79.9. The lowest BCUT2D eigenvalue weighted by Gasteiger charge is -2.14. The smallest absolute Gasteiger partial charge is 0.161 e. The summed E-state index contributed by atoms with van der Waals surface area (Å²) in [5.74, 6) is 1.48. The second kappa shape index (κ2) is 6.41. The Kier molecular flexibility index (Phi) is 4.86. The van der Waals surface area contributed by atoms with Crippen LogP contribution in [0.15, 0.2) is 16.6 Å². The number of ether oxygens (including phenoxy) is 3. The van der Waals surface area contributed by atoms with E-state index in [9.17, 15) is 0 Å². The highest BCUT2D eigenvalue weighted by Crippen LogP contribution is 2.33. The summed E-state index contributed by atoms with van der Waals surface area (Å²) >= 11 is 3.55. The van der Waals surface area contributed by atoms with Crippen LogP contribution in [0.1, 0.15) is 12.0 Å². The molecular weight excluding hydrogens is 298 g/mol. The van der Waals surface area contributed by atoms with Gasteiger partial charge in [-0.2, -0.15) is 0 Å². The number of hydrogen-bond acceptors (Lipinski definition) is 4. The van der Waals surface area contributed by atoms with Gasteiger partial charge in [0.1, 0.15) is 0 Å². The number of nitrogens with one attached hydrogen (secondary N) is 1. The summed E-state index contributed by atoms with van der Waals surface area (Å²) in [6.45, 7) is 2.44. The van der Waals surface area contributed by atoms with Crippen molar-refractivity contribution >= 4 is 15.9 Å². The van der Waals surface area contributed by atoms with Crippen LogP contribution in [-0.4, -0.2) is 33.5 Å². The Morgan fingerprint density at radius 3 is 2.67 bits per heavy atom. The van der Waals surface area contributed by atoms with E-state index in [4.69, 9.17) is 14.2 Å². The fourth-order valence-electron chi connectivity index (χ4n) is 1.98. The fraction of sp³-hybridized carbons (Fsp3) is 0.538. The van der Waals surface area contributed by atoms with Crippen LogP contribution in [0, 0.1) is 0 Å². The van der Waals surface area contributed by atoms with E-state index in [2.05, 4.69) is 21.2 Å². The van der Waals surface area contributed by atoms with Gasteiger partial charge in [-0.15, -0.1) is 0 Å². The van der Waals surface area contributed by atoms with Gasteiger partial charge in [0.25, 0.3) is 0 Å². The van der Waals surface area contributed by atoms with Crippen LogP contribution < -0.4 is 14.8 Å². The summed E-state index contributed by atoms with van der Waals surface area (Å²) in [5, 5.41) is 3.48. The van der Waals surface area contributed by atoms with Gasteiger partial charge in [-0.25, -0.2) is 0 Å². The maximum atomic E-state index is 5.34. The molecule has 1 heterocycles. The SMILES string of the molecule is COc1cc(Br)c(CNC2CCOC2)cc1OC. The molecule has 1 fully saturated rings. The van der Waals surface area contributed by atoms with Crippen molar-refractivity contribution in [3.63, 3.8) is 0 Å². The molecule has 1 saturated heterocycles. The van der Waals surface area contributed by atoms with Gasteiger partial charge in [0.2, 0.25) is 0 Å². The molecule has 0 aliphatic carbocycles. The molecule has 18 heavy (non-hydrogen) atoms. The van der Waals surface area contributed by atoms with Crippen molar-refractivity contribution in [3.05, 3.63) is 22.2 Å². The van der Waals surface area contributed by atoms with Gasteiger partial charge >= 0.3 is 0 Å². The minimum absolute atomic E-state index is 0.449. The number of benzene rings is 1. The molecule has 0 saturated carbocycles. The van der Waals surface area contributed by atoms with Gasteiger partial charge in [-0.3, -0.25) is 0 Å². The van der Waals surface area contributed by atoms with Crippen LogP contribution in [0.5, 0.6) is 11.5 Å². The minimum Gasteiger partial charge on any atom is -0.493 e. The molecule has 2 rings (SSSR count). The van der Waals surface area contributed by atoms with E-state index in [1.54, 1.807) is 14.2 Å². The quantitative estimate of drug-likeness (QED) is 0.905. The molecular formula is C13H18BrNO3. The second-order valence-electron chi connectivity index (χ2n) is 4.24. The third kappa shape index (κ3) is 3.16. The molecule has 0 aromatic heterocycles. The Hall–Kier alpha value is -0.780. The lowest BCUT2D eigenvalue weighted by atomic mass is 10.1. The number of hydrogen-bond donors (Lipinski definition) is 1. The van der Waals surface area contributed by atoms with Crippen LogP contribution >= 0.6 is 15.9 Å². The van der Waals surface area contributed by atoms with E-state index >= 15 is 0 Å². The number of rotatable bonds is 5. The molecule has 1 aromatic carbocycles. The van der Waals surface area contributed by atoms with Crippen LogP contribution in [0.2, 0.25) is 0 Å². The van der Waals surface area contributed by atoms with Crippen molar-refractivity contribution in [2.45, 2.75) is 19.0 Å². The summed E-state index contributed by atoms with van der Waals surface area (Å²) in [4.78, 5) is 0. The molecule has 4 nitrogen and oxygen atoms in total. The van der Waals surface area contributed by atoms with Crippen LogP contribution in [-0.2, 0) is 11.3 Å². The van der Waals surface area contributed by atoms with Crippen molar-refractivity contribution < 1.29 is 14.2 Å². The van der Waals surface area contributed by atoms with Gasteiger partial charge in [-0.1, -0.05) is 15.9 Å². The van der Waals surface area contributed by atoms with E-state index in [1.165, 1.54) is 0 Å². The number of halogens is 1. The number of methoxy groups -OCH3 is 2. The van der Waals surface area contributed by atoms with Crippen molar-refractivity contribution in [1.29, 1.82) is 0 Å². The zero-order valence-corrected chi connectivity index (χ0v) is 12.2. The lowest BCUT2D eigenvalue weighted by Crippen LogP contribution is -2.28. The van der Waals surface area contributed by atoms with Crippen molar-refractivity contribution in [1.82, 2.24) is 5.32 Å². The Labute approximate surface area is 116 Å². The first-order valence-corrected chi connectivity index (χ1v) is 6.75. The first-order chi connectivity index (χ1) is 8.74. The molecule has 1 aliphatic rings. The molecule has 0 radical (unpaired) electrons. The van der Waals surface area contributed by atoms with Crippen molar-refractivity contribution in [2.24, 2.45) is 0 Å². The summed E-state index contributed by atoms with van der Waals surface area (Å²) in [7, 11) is 3.28. The highest BCUT2D eigenvalue weighted by Gasteiger charge is 2.16. The Morgan fingerprint density at radius 1 is 1.33 bits per heavy atom. The second-order valence-corrected chi connectivity index (χ2v) is 5.09. The van der Waals surface area contributed by atoms with E-state index in [1.807, 2.05) is 12.1 Å². The van der Waals surface area contributed by atoms with E-state index < -0.39 is 0 Å². The van der Waals surface area contributed by atoms with Crippen LogP contribution in [0.3, 0.4) is 0 Å². The Morgan fingerprint density at radius 2 is 2.06 bits per heavy atom. The standard InChI is InChI=1S/C13H18BrNO3/c1-16-12-5-9(11(14)6-13(12)17-2)7-15-10-3-4-18-8-10/h5-6,10,15H,3-4,7-8H2,1-2H3. The molecule has 1 aliphatic heterocycles. The van der Waals surface area contributed by atoms with Crippen molar-refractivity contribution in [2.75, 3.05) is 27.4 Å². The van der Waals surface area contributed by atoms with Gasteiger partial charge in [0.15, 0.2) is 11.5 Å².